The van der Waals surface area contributed by atoms with Gasteiger partial charge >= 0.3 is 0 Å². The zero-order valence-corrected chi connectivity index (χ0v) is 18.6. The maximum Gasteiger partial charge on any atom is 0.261 e. The second-order valence-electron chi connectivity index (χ2n) is 9.31. The summed E-state index contributed by atoms with van der Waals surface area (Å²) >= 11 is 0. The monoisotopic (exact) mass is 424 g/mol. The average molecular weight is 425 g/mol. The summed E-state index contributed by atoms with van der Waals surface area (Å²) in [5.41, 5.74) is 2.61. The molecule has 0 bridgehead atoms. The maximum atomic E-state index is 11.2. The lowest BCUT2D eigenvalue weighted by Gasteiger charge is -2.44. The standard InChI is InChI=1S/C28H25NO3/c1-17(30)28(3)27(2,13-14-31-4)24-20-11-7-5-9-18(20)15-22-23(24)25-26(32-22)21-12-8-6-10-19(21)16-29(25)28/h5-12,15-16H,1,13-14H2,2-4H3/p+1. The van der Waals surface area contributed by atoms with E-state index >= 15 is 0 Å². The van der Waals surface area contributed by atoms with Crippen molar-refractivity contribution in [3.63, 3.8) is 0 Å². The highest BCUT2D eigenvalue weighted by Gasteiger charge is 2.61. The lowest BCUT2D eigenvalue weighted by Crippen LogP contribution is -2.67. The normalized spacial score (nSPS) is 22.5. The number of aliphatic hydroxyl groups is 1. The molecule has 2 aromatic heterocycles. The van der Waals surface area contributed by atoms with Crippen LogP contribution in [0.25, 0.3) is 43.6 Å². The van der Waals surface area contributed by atoms with Crippen molar-refractivity contribution in [2.45, 2.75) is 31.2 Å². The number of hydrogen-bond acceptors (Lipinski definition) is 3. The van der Waals surface area contributed by atoms with Gasteiger partial charge in [0.1, 0.15) is 5.58 Å². The minimum atomic E-state index is -0.804. The van der Waals surface area contributed by atoms with Crippen molar-refractivity contribution in [3.8, 4) is 0 Å². The van der Waals surface area contributed by atoms with Crippen molar-refractivity contribution in [3.05, 3.63) is 78.7 Å². The molecule has 4 nitrogen and oxygen atoms in total. The van der Waals surface area contributed by atoms with Crippen molar-refractivity contribution in [2.24, 2.45) is 0 Å². The Morgan fingerprint density at radius 1 is 1.06 bits per heavy atom. The van der Waals surface area contributed by atoms with Gasteiger partial charge in [-0.1, -0.05) is 49.0 Å². The number of allylic oxidation sites excluding steroid dienone is 1. The zero-order chi connectivity index (χ0) is 22.3. The van der Waals surface area contributed by atoms with Crippen LogP contribution in [0, 0.1) is 0 Å². The van der Waals surface area contributed by atoms with E-state index in [1.807, 2.05) is 12.1 Å². The molecule has 32 heavy (non-hydrogen) atoms. The summed E-state index contributed by atoms with van der Waals surface area (Å²) in [6, 6.07) is 18.8. The van der Waals surface area contributed by atoms with E-state index in [0.717, 1.165) is 38.2 Å². The molecule has 0 amide bonds. The molecule has 160 valence electrons. The number of pyridine rings is 1. The Balaban J connectivity index is 1.95. The van der Waals surface area contributed by atoms with Gasteiger partial charge in [0.2, 0.25) is 11.1 Å². The van der Waals surface area contributed by atoms with Crippen LogP contribution in [0.3, 0.4) is 0 Å². The molecule has 4 heteroatoms. The van der Waals surface area contributed by atoms with E-state index in [1.54, 1.807) is 7.11 Å². The summed E-state index contributed by atoms with van der Waals surface area (Å²) in [5.74, 6) is 0.130. The predicted octanol–water partition coefficient (Wildman–Crippen LogP) is 6.27. The first-order chi connectivity index (χ1) is 15.4. The lowest BCUT2D eigenvalue weighted by molar-refractivity contribution is -0.742. The van der Waals surface area contributed by atoms with Crippen LogP contribution in [0.2, 0.25) is 0 Å². The van der Waals surface area contributed by atoms with Gasteiger partial charge < -0.3 is 14.3 Å². The van der Waals surface area contributed by atoms with E-state index < -0.39 is 11.0 Å². The molecular weight excluding hydrogens is 398 g/mol. The molecule has 0 fully saturated rings. The highest BCUT2D eigenvalue weighted by Crippen LogP contribution is 2.54. The molecule has 3 aromatic carbocycles. The third-order valence-electron chi connectivity index (χ3n) is 7.87. The van der Waals surface area contributed by atoms with Gasteiger partial charge in [0, 0.05) is 31.4 Å². The average Bonchev–Trinajstić information content (AvgIpc) is 3.18. The number of fused-ring (bicyclic) bond motifs is 4. The van der Waals surface area contributed by atoms with Crippen LogP contribution in [0.4, 0.5) is 0 Å². The van der Waals surface area contributed by atoms with Gasteiger partial charge in [-0.25, -0.2) is 0 Å². The topological polar surface area (TPSA) is 46.5 Å². The highest BCUT2D eigenvalue weighted by molar-refractivity contribution is 6.16. The molecule has 0 aliphatic carbocycles. The molecule has 0 saturated heterocycles. The minimum absolute atomic E-state index is 0.130. The van der Waals surface area contributed by atoms with Gasteiger partial charge in [-0.05, 0) is 41.8 Å². The molecule has 6 rings (SSSR count). The molecule has 1 aliphatic heterocycles. The van der Waals surface area contributed by atoms with Gasteiger partial charge in [0.25, 0.3) is 5.52 Å². The largest absolute Gasteiger partial charge is 0.506 e. The Labute approximate surface area is 186 Å². The van der Waals surface area contributed by atoms with Gasteiger partial charge in [-0.2, -0.15) is 4.57 Å². The van der Waals surface area contributed by atoms with E-state index in [4.69, 9.17) is 9.15 Å². The zero-order valence-electron chi connectivity index (χ0n) is 18.6. The number of nitrogens with zero attached hydrogens (tertiary/aromatic N) is 1. The molecular formula is C28H26NO3+. The fourth-order valence-electron chi connectivity index (χ4n) is 5.91. The first kappa shape index (κ1) is 19.3. The fourth-order valence-corrected chi connectivity index (χ4v) is 5.91. The highest BCUT2D eigenvalue weighted by atomic mass is 16.5. The summed E-state index contributed by atoms with van der Waals surface area (Å²) in [6.07, 6.45) is 2.85. The molecule has 1 aliphatic rings. The Hall–Kier alpha value is -3.37. The summed E-state index contributed by atoms with van der Waals surface area (Å²) in [6.45, 7) is 8.96. The number of methoxy groups -OCH3 is 1. The first-order valence-electron chi connectivity index (χ1n) is 11.0. The third-order valence-corrected chi connectivity index (χ3v) is 7.87. The van der Waals surface area contributed by atoms with Crippen molar-refractivity contribution >= 4 is 43.6 Å². The second kappa shape index (κ2) is 6.33. The van der Waals surface area contributed by atoms with Gasteiger partial charge in [-0.15, -0.1) is 0 Å². The summed E-state index contributed by atoms with van der Waals surface area (Å²) < 4.78 is 14.3. The van der Waals surface area contributed by atoms with Crippen molar-refractivity contribution < 1.29 is 18.8 Å². The molecule has 2 unspecified atom stereocenters. The third kappa shape index (κ3) is 2.13. The molecule has 5 aromatic rings. The molecule has 3 heterocycles. The summed E-state index contributed by atoms with van der Waals surface area (Å²) in [7, 11) is 1.72. The Kier molecular flexibility index (Phi) is 3.82. The number of aliphatic hydroxyl groups excluding tert-OH is 1. The lowest BCUT2D eigenvalue weighted by atomic mass is 9.61. The van der Waals surface area contributed by atoms with Crippen molar-refractivity contribution in [2.75, 3.05) is 13.7 Å². The summed E-state index contributed by atoms with van der Waals surface area (Å²) in [5, 5.41) is 16.7. The number of benzene rings is 3. The molecule has 1 N–H and O–H groups in total. The van der Waals surface area contributed by atoms with Crippen molar-refractivity contribution in [1.29, 1.82) is 0 Å². The van der Waals surface area contributed by atoms with E-state index in [0.29, 0.717) is 13.0 Å². The molecule has 0 spiro atoms. The number of rotatable bonds is 4. The van der Waals surface area contributed by atoms with E-state index in [1.165, 1.54) is 10.9 Å². The van der Waals surface area contributed by atoms with Crippen molar-refractivity contribution in [1.82, 2.24) is 0 Å². The Morgan fingerprint density at radius 2 is 1.75 bits per heavy atom. The molecule has 2 atom stereocenters. The van der Waals surface area contributed by atoms with E-state index in [9.17, 15) is 5.11 Å². The molecule has 0 saturated carbocycles. The van der Waals surface area contributed by atoms with E-state index in [-0.39, 0.29) is 5.76 Å². The maximum absolute atomic E-state index is 11.2. The van der Waals surface area contributed by atoms with Crippen LogP contribution < -0.4 is 4.57 Å². The number of furan rings is 1. The fraction of sp³-hybridized carbons (Fsp3) is 0.250. The SMILES string of the molecule is C=C(O)C1(C)[n+]2cc3ccccc3c3oc4cc5ccccc5c(c4c32)C1(C)CCOC. The smallest absolute Gasteiger partial charge is 0.261 e. The van der Waals surface area contributed by atoms with Crippen LogP contribution >= 0.6 is 0 Å². The number of aromatic nitrogens is 1. The minimum Gasteiger partial charge on any atom is -0.506 e. The van der Waals surface area contributed by atoms with Gasteiger partial charge in [0.05, 0.1) is 10.8 Å². The Morgan fingerprint density at radius 3 is 2.47 bits per heavy atom. The van der Waals surface area contributed by atoms with E-state index in [2.05, 4.69) is 73.7 Å². The van der Waals surface area contributed by atoms with Crippen LogP contribution in [0.5, 0.6) is 0 Å². The van der Waals surface area contributed by atoms with Gasteiger partial charge in [-0.3, -0.25) is 0 Å². The van der Waals surface area contributed by atoms with Crippen LogP contribution in [0.15, 0.2) is 77.5 Å². The van der Waals surface area contributed by atoms with Gasteiger partial charge in [0.15, 0.2) is 12.0 Å². The number of hydrogen-bond donors (Lipinski definition) is 1. The second-order valence-corrected chi connectivity index (χ2v) is 9.31. The Bertz CT molecular complexity index is 1580. The molecule has 0 radical (unpaired) electrons. The summed E-state index contributed by atoms with van der Waals surface area (Å²) in [4.78, 5) is 0. The first-order valence-corrected chi connectivity index (χ1v) is 11.0. The number of ether oxygens (including phenoxy) is 1. The predicted molar refractivity (Wildman–Crippen MR) is 128 cm³/mol. The van der Waals surface area contributed by atoms with Crippen LogP contribution in [0.1, 0.15) is 25.8 Å². The quantitative estimate of drug-likeness (QED) is 0.273. The van der Waals surface area contributed by atoms with Crippen LogP contribution in [-0.2, 0) is 15.7 Å². The van der Waals surface area contributed by atoms with Crippen LogP contribution in [-0.4, -0.2) is 18.8 Å².